The lowest BCUT2D eigenvalue weighted by Crippen LogP contribution is -2.63. The van der Waals surface area contributed by atoms with E-state index in [1.165, 1.54) is 0 Å². The van der Waals surface area contributed by atoms with Crippen LogP contribution < -0.4 is 19.5 Å². The van der Waals surface area contributed by atoms with Gasteiger partial charge in [-0.15, -0.1) is 0 Å². The lowest BCUT2D eigenvalue weighted by molar-refractivity contribution is 0.0138. The molecule has 0 saturated carbocycles. The normalized spacial score (nSPS) is 25.2. The third-order valence-corrected chi connectivity index (χ3v) is 4.82. The lowest BCUT2D eigenvalue weighted by Gasteiger charge is -2.47. The van der Waals surface area contributed by atoms with Crippen LogP contribution in [0.5, 0.6) is 17.2 Å². The number of amides is 1. The first-order valence-corrected chi connectivity index (χ1v) is 8.21. The third kappa shape index (κ3) is 3.27. The van der Waals surface area contributed by atoms with Crippen LogP contribution in [0, 0.1) is 0 Å². The summed E-state index contributed by atoms with van der Waals surface area (Å²) < 4.78 is 15.9. The summed E-state index contributed by atoms with van der Waals surface area (Å²) in [6.07, 6.45) is 0. The highest BCUT2D eigenvalue weighted by molar-refractivity contribution is 5.95. The first-order valence-electron chi connectivity index (χ1n) is 8.21. The van der Waals surface area contributed by atoms with E-state index in [1.807, 2.05) is 0 Å². The van der Waals surface area contributed by atoms with Crippen molar-refractivity contribution in [2.24, 2.45) is 0 Å². The molecule has 1 amide bonds. The van der Waals surface area contributed by atoms with E-state index in [-0.39, 0.29) is 5.91 Å². The van der Waals surface area contributed by atoms with Crippen molar-refractivity contribution >= 4 is 5.91 Å². The third-order valence-electron chi connectivity index (χ3n) is 4.82. The summed E-state index contributed by atoms with van der Waals surface area (Å²) in [5.74, 6) is 1.31. The van der Waals surface area contributed by atoms with Crippen LogP contribution in [0.1, 0.15) is 10.4 Å². The zero-order valence-corrected chi connectivity index (χ0v) is 14.5. The fraction of sp³-hybridized carbons (Fsp3) is 0.588. The number of fused-ring (bicyclic) bond motifs is 3. The van der Waals surface area contributed by atoms with Gasteiger partial charge in [-0.3, -0.25) is 14.6 Å². The monoisotopic (exact) mass is 335 g/mol. The fourth-order valence-corrected chi connectivity index (χ4v) is 3.44. The van der Waals surface area contributed by atoms with Gasteiger partial charge in [-0.2, -0.15) is 0 Å². The molecule has 0 aromatic heterocycles. The summed E-state index contributed by atoms with van der Waals surface area (Å²) in [6, 6.07) is 3.74. The molecule has 1 aromatic carbocycles. The van der Waals surface area contributed by atoms with Crippen LogP contribution in [0.25, 0.3) is 0 Å². The number of hydrogen-bond donors (Lipinski definition) is 1. The quantitative estimate of drug-likeness (QED) is 0.814. The Morgan fingerprint density at radius 1 is 1.08 bits per heavy atom. The minimum absolute atomic E-state index is 0.133. The van der Waals surface area contributed by atoms with Crippen LogP contribution in [-0.4, -0.2) is 82.3 Å². The summed E-state index contributed by atoms with van der Waals surface area (Å²) in [5, 5.41) is 3.03. The number of carbonyl (C=O) groups is 1. The predicted molar refractivity (Wildman–Crippen MR) is 90.2 cm³/mol. The zero-order valence-electron chi connectivity index (χ0n) is 14.5. The smallest absolute Gasteiger partial charge is 0.251 e. The summed E-state index contributed by atoms with van der Waals surface area (Å²) in [7, 11) is 4.63. The van der Waals surface area contributed by atoms with Crippen LogP contribution in [0.2, 0.25) is 0 Å². The van der Waals surface area contributed by atoms with E-state index < -0.39 is 0 Å². The first kappa shape index (κ1) is 16.9. The Labute approximate surface area is 142 Å². The van der Waals surface area contributed by atoms with Gasteiger partial charge in [0.05, 0.1) is 21.3 Å². The van der Waals surface area contributed by atoms with Crippen molar-refractivity contribution in [3.63, 3.8) is 0 Å². The van der Waals surface area contributed by atoms with Crippen LogP contribution in [0.3, 0.4) is 0 Å². The summed E-state index contributed by atoms with van der Waals surface area (Å²) >= 11 is 0. The second kappa shape index (κ2) is 7.27. The highest BCUT2D eigenvalue weighted by atomic mass is 16.5. The molecule has 3 aliphatic heterocycles. The molecule has 7 heteroatoms. The molecule has 1 N–H and O–H groups in total. The number of piperazine rings is 3. The van der Waals surface area contributed by atoms with E-state index in [1.54, 1.807) is 33.5 Å². The molecule has 7 nitrogen and oxygen atoms in total. The van der Waals surface area contributed by atoms with Gasteiger partial charge in [-0.1, -0.05) is 0 Å². The summed E-state index contributed by atoms with van der Waals surface area (Å²) in [6.45, 7) is 6.12. The number of rotatable bonds is 6. The fourth-order valence-electron chi connectivity index (χ4n) is 3.44. The highest BCUT2D eigenvalue weighted by Gasteiger charge is 2.31. The number of hydrogen-bond acceptors (Lipinski definition) is 6. The Kier molecular flexibility index (Phi) is 5.11. The molecule has 0 aliphatic carbocycles. The molecule has 1 aromatic rings. The molecular formula is C17H25N3O4. The van der Waals surface area contributed by atoms with E-state index in [2.05, 4.69) is 15.1 Å². The van der Waals surface area contributed by atoms with Gasteiger partial charge in [0, 0.05) is 50.9 Å². The van der Waals surface area contributed by atoms with Crippen molar-refractivity contribution in [1.29, 1.82) is 0 Å². The number of carbonyl (C=O) groups excluding carboxylic acids is 1. The van der Waals surface area contributed by atoms with Gasteiger partial charge in [0.25, 0.3) is 5.91 Å². The van der Waals surface area contributed by atoms with Crippen LogP contribution in [0.4, 0.5) is 0 Å². The Balaban J connectivity index is 1.68. The standard InChI is InChI=1S/C17H25N3O4/c1-22-14-8-12(9-15(23-2)16(14)24-3)17(21)18-10-13-11-19-4-6-20(13)7-5-19/h8-9,13H,4-7,10-11H2,1-3H3,(H,18,21). The topological polar surface area (TPSA) is 63.3 Å². The Bertz CT molecular complexity index is 574. The van der Waals surface area contributed by atoms with E-state index in [0.717, 1.165) is 32.7 Å². The summed E-state index contributed by atoms with van der Waals surface area (Å²) in [5.41, 5.74) is 0.501. The van der Waals surface area contributed by atoms with E-state index in [9.17, 15) is 4.79 Å². The Morgan fingerprint density at radius 2 is 1.71 bits per heavy atom. The average Bonchev–Trinajstić information content (AvgIpc) is 2.65. The number of ether oxygens (including phenoxy) is 3. The SMILES string of the molecule is COc1cc(C(=O)NCC2CN3CCN2CC3)cc(OC)c1OC. The van der Waals surface area contributed by atoms with E-state index >= 15 is 0 Å². The number of nitrogens with zero attached hydrogens (tertiary/aromatic N) is 2. The van der Waals surface area contributed by atoms with Gasteiger partial charge in [0.15, 0.2) is 11.5 Å². The first-order chi connectivity index (χ1) is 11.7. The Hall–Kier alpha value is -1.99. The molecule has 0 spiro atoms. The van der Waals surface area contributed by atoms with Gasteiger partial charge >= 0.3 is 0 Å². The second-order valence-electron chi connectivity index (χ2n) is 6.11. The molecule has 4 rings (SSSR count). The van der Waals surface area contributed by atoms with Gasteiger partial charge < -0.3 is 19.5 Å². The van der Waals surface area contributed by atoms with Crippen molar-refractivity contribution in [3.8, 4) is 17.2 Å². The van der Waals surface area contributed by atoms with E-state index in [4.69, 9.17) is 14.2 Å². The lowest BCUT2D eigenvalue weighted by atomic mass is 10.1. The average molecular weight is 335 g/mol. The van der Waals surface area contributed by atoms with Crippen molar-refractivity contribution in [2.45, 2.75) is 6.04 Å². The number of nitrogens with one attached hydrogen (secondary N) is 1. The maximum absolute atomic E-state index is 12.5. The molecule has 3 saturated heterocycles. The maximum Gasteiger partial charge on any atom is 0.251 e. The maximum atomic E-state index is 12.5. The molecule has 2 bridgehead atoms. The molecule has 3 fully saturated rings. The van der Waals surface area contributed by atoms with Gasteiger partial charge in [0.1, 0.15) is 0 Å². The minimum atomic E-state index is -0.133. The van der Waals surface area contributed by atoms with Crippen LogP contribution >= 0.6 is 0 Å². The van der Waals surface area contributed by atoms with Gasteiger partial charge in [-0.25, -0.2) is 0 Å². The van der Waals surface area contributed by atoms with Crippen LogP contribution in [0.15, 0.2) is 12.1 Å². The molecule has 1 unspecified atom stereocenters. The van der Waals surface area contributed by atoms with Crippen molar-refractivity contribution in [1.82, 2.24) is 15.1 Å². The molecule has 3 aliphatic rings. The molecule has 24 heavy (non-hydrogen) atoms. The second-order valence-corrected chi connectivity index (χ2v) is 6.11. The number of benzene rings is 1. The van der Waals surface area contributed by atoms with Crippen molar-refractivity contribution < 1.29 is 19.0 Å². The van der Waals surface area contributed by atoms with Gasteiger partial charge in [0.2, 0.25) is 5.75 Å². The van der Waals surface area contributed by atoms with E-state index in [0.29, 0.717) is 35.4 Å². The molecule has 132 valence electrons. The van der Waals surface area contributed by atoms with Crippen LogP contribution in [-0.2, 0) is 0 Å². The van der Waals surface area contributed by atoms with Crippen molar-refractivity contribution in [2.75, 3.05) is 60.6 Å². The minimum Gasteiger partial charge on any atom is -0.493 e. The largest absolute Gasteiger partial charge is 0.493 e. The molecule has 1 atom stereocenters. The Morgan fingerprint density at radius 3 is 2.17 bits per heavy atom. The molecular weight excluding hydrogens is 310 g/mol. The molecule has 0 radical (unpaired) electrons. The van der Waals surface area contributed by atoms with Gasteiger partial charge in [-0.05, 0) is 12.1 Å². The zero-order chi connectivity index (χ0) is 17.1. The predicted octanol–water partition coefficient (Wildman–Crippen LogP) is 0.442. The number of methoxy groups -OCH3 is 3. The molecule has 3 heterocycles. The summed E-state index contributed by atoms with van der Waals surface area (Å²) in [4.78, 5) is 17.4. The van der Waals surface area contributed by atoms with Crippen molar-refractivity contribution in [3.05, 3.63) is 17.7 Å². The highest BCUT2D eigenvalue weighted by Crippen LogP contribution is 2.38.